The summed E-state index contributed by atoms with van der Waals surface area (Å²) in [4.78, 5) is 35.8. The van der Waals surface area contributed by atoms with Crippen LogP contribution in [-0.2, 0) is 9.63 Å². The second kappa shape index (κ2) is 7.78. The Kier molecular flexibility index (Phi) is 6.05. The first-order chi connectivity index (χ1) is 9.88. The lowest BCUT2D eigenvalue weighted by molar-refractivity contribution is -0.767. The van der Waals surface area contributed by atoms with Crippen LogP contribution in [-0.4, -0.2) is 22.1 Å². The summed E-state index contributed by atoms with van der Waals surface area (Å²) < 4.78 is 4.98. The summed E-state index contributed by atoms with van der Waals surface area (Å²) in [6, 6.07) is 5.12. The number of nitrogens with zero attached hydrogens (tertiary/aromatic N) is 2. The Morgan fingerprint density at radius 3 is 2.38 bits per heavy atom. The van der Waals surface area contributed by atoms with Crippen molar-refractivity contribution in [3.63, 3.8) is 0 Å². The van der Waals surface area contributed by atoms with E-state index in [1.54, 1.807) is 0 Å². The zero-order valence-corrected chi connectivity index (χ0v) is 11.3. The summed E-state index contributed by atoms with van der Waals surface area (Å²) in [5.41, 5.74) is -0.0967. The minimum absolute atomic E-state index is 0.0718. The van der Waals surface area contributed by atoms with Gasteiger partial charge in [-0.15, -0.1) is 10.1 Å². The van der Waals surface area contributed by atoms with Gasteiger partial charge in [0.25, 0.3) is 10.8 Å². The van der Waals surface area contributed by atoms with Crippen molar-refractivity contribution in [1.82, 2.24) is 0 Å². The van der Waals surface area contributed by atoms with E-state index in [1.165, 1.54) is 31.2 Å². The Morgan fingerprint density at radius 2 is 1.86 bits per heavy atom. The van der Waals surface area contributed by atoms with Gasteiger partial charge in [0, 0.05) is 18.6 Å². The molecule has 0 fully saturated rings. The first-order valence-corrected chi connectivity index (χ1v) is 6.15. The zero-order chi connectivity index (χ0) is 15.8. The van der Waals surface area contributed by atoms with E-state index in [9.17, 15) is 25.0 Å². The highest BCUT2D eigenvalue weighted by atomic mass is 17.0. The van der Waals surface area contributed by atoms with Crippen molar-refractivity contribution >= 4 is 11.7 Å². The topological polar surface area (TPSA) is 122 Å². The van der Waals surface area contributed by atoms with E-state index < -0.39 is 22.1 Å². The quantitative estimate of drug-likeness (QED) is 0.312. The molecule has 0 aromatic heterocycles. The third-order valence-corrected chi connectivity index (χ3v) is 2.54. The molecule has 0 aliphatic carbocycles. The highest BCUT2D eigenvalue weighted by Crippen LogP contribution is 2.18. The molecule has 0 spiro atoms. The molecule has 9 heteroatoms. The van der Waals surface area contributed by atoms with Crippen LogP contribution in [0.5, 0.6) is 5.75 Å². The molecule has 1 aromatic rings. The zero-order valence-electron chi connectivity index (χ0n) is 11.3. The molecule has 1 rings (SSSR count). The molecule has 1 unspecified atom stereocenters. The fraction of sp³-hybridized carbons (Fsp3) is 0.417. The standard InChI is InChI=1S/C12H14N2O7/c1-9(21-14(18)19)3-2-4-12(15)20-11-7-5-10(6-8-11)13(16)17/h5-9H,2-4H2,1H3. The van der Waals surface area contributed by atoms with Crippen molar-refractivity contribution in [1.29, 1.82) is 0 Å². The molecule has 0 N–H and O–H groups in total. The highest BCUT2D eigenvalue weighted by Gasteiger charge is 2.11. The number of benzene rings is 1. The number of esters is 1. The lowest BCUT2D eigenvalue weighted by Gasteiger charge is -2.08. The molecule has 0 amide bonds. The smallest absolute Gasteiger partial charge is 0.311 e. The van der Waals surface area contributed by atoms with Gasteiger partial charge in [-0.1, -0.05) is 0 Å². The number of hydrogen-bond acceptors (Lipinski definition) is 7. The fourth-order valence-electron chi connectivity index (χ4n) is 1.55. The van der Waals surface area contributed by atoms with Gasteiger partial charge in [-0.2, -0.15) is 0 Å². The molecule has 9 nitrogen and oxygen atoms in total. The molecule has 1 aromatic carbocycles. The van der Waals surface area contributed by atoms with Crippen molar-refractivity contribution in [3.05, 3.63) is 44.5 Å². The van der Waals surface area contributed by atoms with Gasteiger partial charge in [-0.25, -0.2) is 0 Å². The van der Waals surface area contributed by atoms with E-state index in [0.717, 1.165) is 0 Å². The number of nitro benzene ring substituents is 1. The maximum atomic E-state index is 11.5. The molecule has 0 heterocycles. The number of hydrogen-bond donors (Lipinski definition) is 0. The second-order valence-electron chi connectivity index (χ2n) is 4.26. The number of ether oxygens (including phenoxy) is 1. The summed E-state index contributed by atoms with van der Waals surface area (Å²) >= 11 is 0. The van der Waals surface area contributed by atoms with Crippen LogP contribution in [0.2, 0.25) is 0 Å². The lowest BCUT2D eigenvalue weighted by atomic mass is 10.2. The average Bonchev–Trinajstić information content (AvgIpc) is 2.38. The SMILES string of the molecule is CC(CCCC(=O)Oc1ccc([N+](=O)[O-])cc1)O[N+](=O)[O-]. The first kappa shape index (κ1) is 16.3. The monoisotopic (exact) mass is 298 g/mol. The molecule has 1 atom stereocenters. The van der Waals surface area contributed by atoms with Crippen LogP contribution in [0.4, 0.5) is 5.69 Å². The van der Waals surface area contributed by atoms with Gasteiger partial charge in [0.1, 0.15) is 11.9 Å². The molecule has 0 saturated heterocycles. The van der Waals surface area contributed by atoms with Crippen LogP contribution in [0, 0.1) is 20.2 Å². The molecular weight excluding hydrogens is 284 g/mol. The van der Waals surface area contributed by atoms with Crippen molar-refractivity contribution in [2.75, 3.05) is 0 Å². The molecule has 0 aliphatic rings. The van der Waals surface area contributed by atoms with Crippen molar-refractivity contribution in [2.45, 2.75) is 32.3 Å². The van der Waals surface area contributed by atoms with E-state index >= 15 is 0 Å². The number of nitro groups is 1. The van der Waals surface area contributed by atoms with Gasteiger partial charge in [0.2, 0.25) is 0 Å². The number of non-ortho nitro benzene ring substituents is 1. The Labute approximate surface area is 119 Å². The van der Waals surface area contributed by atoms with Gasteiger partial charge in [-0.05, 0) is 31.9 Å². The predicted octanol–water partition coefficient (Wildman–Crippen LogP) is 2.27. The van der Waals surface area contributed by atoms with Crippen molar-refractivity contribution in [2.24, 2.45) is 0 Å². The summed E-state index contributed by atoms with van der Waals surface area (Å²) in [5, 5.41) is 19.6. The molecule has 0 bridgehead atoms. The van der Waals surface area contributed by atoms with Gasteiger partial charge < -0.3 is 9.57 Å². The highest BCUT2D eigenvalue weighted by molar-refractivity contribution is 5.72. The molecular formula is C12H14N2O7. The molecule has 21 heavy (non-hydrogen) atoms. The Hall–Kier alpha value is -2.71. The van der Waals surface area contributed by atoms with E-state index in [0.29, 0.717) is 12.8 Å². The summed E-state index contributed by atoms with van der Waals surface area (Å²) in [6.07, 6.45) is 0.201. The largest absolute Gasteiger partial charge is 0.427 e. The van der Waals surface area contributed by atoms with Gasteiger partial charge >= 0.3 is 5.97 Å². The van der Waals surface area contributed by atoms with Crippen LogP contribution >= 0.6 is 0 Å². The van der Waals surface area contributed by atoms with E-state index in [2.05, 4.69) is 4.84 Å². The molecule has 0 saturated carbocycles. The number of carbonyl (C=O) groups excluding carboxylic acids is 1. The maximum absolute atomic E-state index is 11.5. The third-order valence-electron chi connectivity index (χ3n) is 2.54. The van der Waals surface area contributed by atoms with Crippen LogP contribution in [0.15, 0.2) is 24.3 Å². The number of carbonyl (C=O) groups is 1. The Morgan fingerprint density at radius 1 is 1.24 bits per heavy atom. The molecule has 0 radical (unpaired) electrons. The Balaban J connectivity index is 2.33. The van der Waals surface area contributed by atoms with Crippen LogP contribution in [0.25, 0.3) is 0 Å². The van der Waals surface area contributed by atoms with Crippen molar-refractivity contribution < 1.29 is 24.4 Å². The predicted molar refractivity (Wildman–Crippen MR) is 70.1 cm³/mol. The van der Waals surface area contributed by atoms with E-state index in [1.807, 2.05) is 0 Å². The lowest BCUT2D eigenvalue weighted by Crippen LogP contribution is -2.14. The molecule has 0 aliphatic heterocycles. The first-order valence-electron chi connectivity index (χ1n) is 6.15. The minimum Gasteiger partial charge on any atom is -0.427 e. The minimum atomic E-state index is -0.875. The van der Waals surface area contributed by atoms with E-state index in [4.69, 9.17) is 4.74 Å². The van der Waals surface area contributed by atoms with Crippen LogP contribution in [0.1, 0.15) is 26.2 Å². The van der Waals surface area contributed by atoms with Gasteiger partial charge in [-0.3, -0.25) is 14.9 Å². The third kappa shape index (κ3) is 6.32. The maximum Gasteiger partial charge on any atom is 0.311 e. The number of rotatable bonds is 8. The molecule has 114 valence electrons. The van der Waals surface area contributed by atoms with Gasteiger partial charge in [0.15, 0.2) is 0 Å². The summed E-state index contributed by atoms with van der Waals surface area (Å²) in [7, 11) is 0. The van der Waals surface area contributed by atoms with Crippen molar-refractivity contribution in [3.8, 4) is 5.75 Å². The van der Waals surface area contributed by atoms with Crippen LogP contribution < -0.4 is 4.74 Å². The van der Waals surface area contributed by atoms with Gasteiger partial charge in [0.05, 0.1) is 4.92 Å². The average molecular weight is 298 g/mol. The summed E-state index contributed by atoms with van der Waals surface area (Å²) in [6.45, 7) is 1.53. The normalized spacial score (nSPS) is 11.5. The van der Waals surface area contributed by atoms with Crippen LogP contribution in [0.3, 0.4) is 0 Å². The second-order valence-corrected chi connectivity index (χ2v) is 4.26. The van der Waals surface area contributed by atoms with E-state index in [-0.39, 0.29) is 17.9 Å². The Bertz CT molecular complexity index is 515. The fourth-order valence-corrected chi connectivity index (χ4v) is 1.55. The summed E-state index contributed by atoms with van der Waals surface area (Å²) in [5.74, 6) is -0.308.